The lowest BCUT2D eigenvalue weighted by atomic mass is 10.1. The molecule has 0 saturated heterocycles. The lowest BCUT2D eigenvalue weighted by Crippen LogP contribution is -2.19. The molecule has 19 heavy (non-hydrogen) atoms. The normalized spacial score (nSPS) is 21.4. The third kappa shape index (κ3) is 2.62. The zero-order chi connectivity index (χ0) is 13.2. The Morgan fingerprint density at radius 3 is 2.95 bits per heavy atom. The van der Waals surface area contributed by atoms with Crippen LogP contribution in [0.4, 0.5) is 0 Å². The van der Waals surface area contributed by atoms with Gasteiger partial charge in [-0.15, -0.1) is 0 Å². The molecule has 1 aromatic rings. The Kier molecular flexibility index (Phi) is 2.99. The Hall–Kier alpha value is -2.23. The van der Waals surface area contributed by atoms with E-state index >= 15 is 0 Å². The predicted molar refractivity (Wildman–Crippen MR) is 69.9 cm³/mol. The van der Waals surface area contributed by atoms with Crippen LogP contribution in [0.15, 0.2) is 35.9 Å². The summed E-state index contributed by atoms with van der Waals surface area (Å²) in [6.45, 7) is 2.20. The number of cyclic esters (lactones) is 1. The summed E-state index contributed by atoms with van der Waals surface area (Å²) < 4.78 is 15.8. The van der Waals surface area contributed by atoms with E-state index < -0.39 is 0 Å². The number of hydrogen-bond donors (Lipinski definition) is 0. The highest BCUT2D eigenvalue weighted by Gasteiger charge is 2.17. The van der Waals surface area contributed by atoms with Crippen molar-refractivity contribution in [2.75, 3.05) is 6.79 Å². The average molecular weight is 258 g/mol. The van der Waals surface area contributed by atoms with Gasteiger partial charge in [0.25, 0.3) is 0 Å². The van der Waals surface area contributed by atoms with Gasteiger partial charge < -0.3 is 14.2 Å². The van der Waals surface area contributed by atoms with Crippen molar-refractivity contribution in [1.29, 1.82) is 0 Å². The van der Waals surface area contributed by atoms with Crippen molar-refractivity contribution in [3.05, 3.63) is 41.5 Å². The van der Waals surface area contributed by atoms with Gasteiger partial charge in [0, 0.05) is 12.5 Å². The molecule has 4 heteroatoms. The molecule has 2 heterocycles. The van der Waals surface area contributed by atoms with Crippen molar-refractivity contribution in [3.63, 3.8) is 0 Å². The van der Waals surface area contributed by atoms with Gasteiger partial charge in [0.05, 0.1) is 0 Å². The van der Waals surface area contributed by atoms with Crippen molar-refractivity contribution in [1.82, 2.24) is 0 Å². The van der Waals surface area contributed by atoms with E-state index in [1.54, 1.807) is 0 Å². The van der Waals surface area contributed by atoms with Gasteiger partial charge in [-0.1, -0.05) is 17.7 Å². The second-order valence-electron chi connectivity index (χ2n) is 4.64. The van der Waals surface area contributed by atoms with Crippen LogP contribution in [0.2, 0.25) is 0 Å². The number of hydrogen-bond acceptors (Lipinski definition) is 4. The monoisotopic (exact) mass is 258 g/mol. The van der Waals surface area contributed by atoms with Crippen LogP contribution in [0.3, 0.4) is 0 Å². The fourth-order valence-electron chi connectivity index (χ4n) is 2.14. The van der Waals surface area contributed by atoms with Gasteiger partial charge in [-0.3, -0.25) is 0 Å². The first-order valence-electron chi connectivity index (χ1n) is 6.16. The molecule has 1 atom stereocenters. The number of carbonyl (C=O) groups excluding carboxylic acids is 1. The molecule has 98 valence electrons. The van der Waals surface area contributed by atoms with Gasteiger partial charge in [0.15, 0.2) is 11.5 Å². The largest absolute Gasteiger partial charge is 0.455 e. The number of rotatable bonds is 2. The molecule has 0 N–H and O–H groups in total. The van der Waals surface area contributed by atoms with E-state index in [2.05, 4.69) is 0 Å². The molecule has 0 aromatic heterocycles. The van der Waals surface area contributed by atoms with Crippen LogP contribution in [0.1, 0.15) is 18.9 Å². The molecule has 2 aliphatic heterocycles. The van der Waals surface area contributed by atoms with E-state index in [1.807, 2.05) is 37.3 Å². The first-order valence-corrected chi connectivity index (χ1v) is 6.16. The Balaban J connectivity index is 1.73. The lowest BCUT2D eigenvalue weighted by molar-refractivity contribution is -0.141. The molecule has 4 nitrogen and oxygen atoms in total. The van der Waals surface area contributed by atoms with E-state index in [4.69, 9.17) is 14.2 Å². The summed E-state index contributed by atoms with van der Waals surface area (Å²) in [7, 11) is 0. The van der Waals surface area contributed by atoms with Crippen LogP contribution >= 0.6 is 0 Å². The van der Waals surface area contributed by atoms with Gasteiger partial charge in [0.2, 0.25) is 6.79 Å². The Bertz CT molecular complexity index is 572. The van der Waals surface area contributed by atoms with Crippen molar-refractivity contribution in [2.45, 2.75) is 19.4 Å². The number of esters is 1. The second-order valence-corrected chi connectivity index (χ2v) is 4.64. The molecule has 0 spiro atoms. The summed E-state index contributed by atoms with van der Waals surface area (Å²) in [5.41, 5.74) is 2.03. The first kappa shape index (κ1) is 11.8. The third-order valence-corrected chi connectivity index (χ3v) is 3.05. The maximum absolute atomic E-state index is 11.3. The topological polar surface area (TPSA) is 44.8 Å². The van der Waals surface area contributed by atoms with E-state index in [1.165, 1.54) is 6.08 Å². The van der Waals surface area contributed by atoms with Crippen LogP contribution in [0.25, 0.3) is 6.08 Å². The molecule has 2 aliphatic rings. The lowest BCUT2D eigenvalue weighted by Gasteiger charge is -2.18. The number of benzene rings is 1. The maximum atomic E-state index is 11.3. The highest BCUT2D eigenvalue weighted by molar-refractivity contribution is 5.84. The fraction of sp³-hybridized carbons (Fsp3) is 0.267. The quantitative estimate of drug-likeness (QED) is 0.765. The Morgan fingerprint density at radius 1 is 1.26 bits per heavy atom. The van der Waals surface area contributed by atoms with Crippen LogP contribution in [0.5, 0.6) is 11.5 Å². The SMILES string of the molecule is CC1=CC(=O)OC(/C=C/c2ccc3c(c2)OCO3)C1. The second kappa shape index (κ2) is 4.80. The summed E-state index contributed by atoms with van der Waals surface area (Å²) in [5, 5.41) is 0. The van der Waals surface area contributed by atoms with Gasteiger partial charge in [-0.05, 0) is 30.7 Å². The number of ether oxygens (including phenoxy) is 3. The van der Waals surface area contributed by atoms with E-state index in [0.717, 1.165) is 29.1 Å². The highest BCUT2D eigenvalue weighted by atomic mass is 16.7. The molecule has 0 saturated carbocycles. The number of fused-ring (bicyclic) bond motifs is 1. The van der Waals surface area contributed by atoms with Gasteiger partial charge >= 0.3 is 5.97 Å². The van der Waals surface area contributed by atoms with E-state index in [9.17, 15) is 4.79 Å². The minimum Gasteiger partial charge on any atom is -0.455 e. The van der Waals surface area contributed by atoms with Crippen molar-refractivity contribution in [3.8, 4) is 11.5 Å². The van der Waals surface area contributed by atoms with Gasteiger partial charge in [0.1, 0.15) is 6.10 Å². The zero-order valence-corrected chi connectivity index (χ0v) is 10.6. The van der Waals surface area contributed by atoms with Crippen molar-refractivity contribution >= 4 is 12.0 Å². The summed E-state index contributed by atoms with van der Waals surface area (Å²) in [4.78, 5) is 11.3. The molecule has 0 radical (unpaired) electrons. The number of carbonyl (C=O) groups is 1. The average Bonchev–Trinajstić information content (AvgIpc) is 2.82. The molecule has 0 amide bonds. The molecule has 0 fully saturated rings. The summed E-state index contributed by atoms with van der Waals surface area (Å²) >= 11 is 0. The maximum Gasteiger partial charge on any atom is 0.331 e. The Morgan fingerprint density at radius 2 is 2.11 bits per heavy atom. The molecule has 0 bridgehead atoms. The van der Waals surface area contributed by atoms with Crippen LogP contribution in [-0.4, -0.2) is 18.9 Å². The predicted octanol–water partition coefficient (Wildman–Crippen LogP) is 2.69. The van der Waals surface area contributed by atoms with Crippen molar-refractivity contribution in [2.24, 2.45) is 0 Å². The minimum atomic E-state index is -0.274. The zero-order valence-electron chi connectivity index (χ0n) is 10.6. The Labute approximate surface area is 111 Å². The molecular weight excluding hydrogens is 244 g/mol. The highest BCUT2D eigenvalue weighted by Crippen LogP contribution is 2.33. The molecule has 1 aromatic carbocycles. The molecule has 3 rings (SSSR count). The summed E-state index contributed by atoms with van der Waals surface area (Å²) in [6, 6.07) is 5.73. The summed E-state index contributed by atoms with van der Waals surface area (Å²) in [5.74, 6) is 1.24. The molecule has 1 unspecified atom stereocenters. The van der Waals surface area contributed by atoms with Crippen LogP contribution in [0, 0.1) is 0 Å². The fourth-order valence-corrected chi connectivity index (χ4v) is 2.14. The minimum absolute atomic E-state index is 0.192. The van der Waals surface area contributed by atoms with E-state index in [-0.39, 0.29) is 18.9 Å². The molecular formula is C15H14O4. The van der Waals surface area contributed by atoms with Crippen LogP contribution < -0.4 is 9.47 Å². The standard InChI is InChI=1S/C15H14O4/c1-10-6-12(19-15(16)7-10)4-2-11-3-5-13-14(8-11)18-9-17-13/h2-5,7-8,12H,6,9H2,1H3/b4-2+. The van der Waals surface area contributed by atoms with E-state index in [0.29, 0.717) is 0 Å². The van der Waals surface area contributed by atoms with Crippen molar-refractivity contribution < 1.29 is 19.0 Å². The smallest absolute Gasteiger partial charge is 0.331 e. The third-order valence-electron chi connectivity index (χ3n) is 3.05. The van der Waals surface area contributed by atoms with Gasteiger partial charge in [-0.25, -0.2) is 4.79 Å². The summed E-state index contributed by atoms with van der Waals surface area (Å²) in [6.07, 6.45) is 5.91. The van der Waals surface area contributed by atoms with Gasteiger partial charge in [-0.2, -0.15) is 0 Å². The first-order chi connectivity index (χ1) is 9.20. The van der Waals surface area contributed by atoms with Crippen LogP contribution in [-0.2, 0) is 9.53 Å². The molecule has 0 aliphatic carbocycles.